The van der Waals surface area contributed by atoms with Crippen LogP contribution in [0.5, 0.6) is 0 Å². The molecule has 0 radical (unpaired) electrons. The molecule has 0 saturated heterocycles. The summed E-state index contributed by atoms with van der Waals surface area (Å²) in [7, 11) is -2.88. The van der Waals surface area contributed by atoms with Gasteiger partial charge in [0.2, 0.25) is 0 Å². The molecule has 1 N–H and O–H groups in total. The van der Waals surface area contributed by atoms with E-state index in [1.54, 1.807) is 12.1 Å². The molecule has 5 nitrogen and oxygen atoms in total. The lowest BCUT2D eigenvalue weighted by molar-refractivity contribution is -0.136. The summed E-state index contributed by atoms with van der Waals surface area (Å²) in [5, 5.41) is -0.365. The molecule has 0 atom stereocenters. The third kappa shape index (κ3) is 5.14. The van der Waals surface area contributed by atoms with Crippen molar-refractivity contribution in [1.29, 1.82) is 0 Å². The standard InChI is InChI=1S/C25H29F3N2O3S/c1-23(2,3)15-10-16(24(4,5)6)12-17(11-15)29-34(32,33)18-8-9-21-19(13-18)20(25(26,27)28)14-22(31)30(21)7/h8-14,29H,1-7H3. The second kappa shape index (κ2) is 8.15. The van der Waals surface area contributed by atoms with E-state index < -0.39 is 27.3 Å². The first kappa shape index (κ1) is 25.8. The summed E-state index contributed by atoms with van der Waals surface area (Å²) in [6.45, 7) is 12.1. The highest BCUT2D eigenvalue weighted by Crippen LogP contribution is 2.36. The molecule has 0 aliphatic rings. The molecule has 3 rings (SSSR count). The maximum absolute atomic E-state index is 13.6. The lowest BCUT2D eigenvalue weighted by Crippen LogP contribution is -2.21. The summed E-state index contributed by atoms with van der Waals surface area (Å²) >= 11 is 0. The first-order chi connectivity index (χ1) is 15.3. The second-order valence-electron chi connectivity index (χ2n) is 10.5. The molecule has 0 amide bonds. The quantitative estimate of drug-likeness (QED) is 0.489. The molecule has 3 aromatic rings. The van der Waals surface area contributed by atoms with Crippen molar-refractivity contribution in [1.82, 2.24) is 4.57 Å². The Morgan fingerprint density at radius 2 is 1.35 bits per heavy atom. The average molecular weight is 495 g/mol. The number of fused-ring (bicyclic) bond motifs is 1. The normalized spacial score (nSPS) is 13.4. The van der Waals surface area contributed by atoms with Gasteiger partial charge in [-0.2, -0.15) is 13.2 Å². The van der Waals surface area contributed by atoms with Crippen LogP contribution in [0.3, 0.4) is 0 Å². The summed E-state index contributed by atoms with van der Waals surface area (Å²) in [6.07, 6.45) is -4.82. The summed E-state index contributed by atoms with van der Waals surface area (Å²) in [4.78, 5) is 11.7. The number of rotatable bonds is 3. The zero-order chi connectivity index (χ0) is 25.9. The van der Waals surface area contributed by atoms with E-state index in [4.69, 9.17) is 0 Å². The van der Waals surface area contributed by atoms with Crippen molar-refractivity contribution in [3.63, 3.8) is 0 Å². The zero-order valence-corrected chi connectivity index (χ0v) is 21.1. The van der Waals surface area contributed by atoms with Crippen molar-refractivity contribution < 1.29 is 21.6 Å². The third-order valence-corrected chi connectivity index (χ3v) is 7.13. The molecule has 0 aliphatic heterocycles. The summed E-state index contributed by atoms with van der Waals surface area (Å²) in [5.74, 6) is 0. The summed E-state index contributed by atoms with van der Waals surface area (Å²) < 4.78 is 70.8. The van der Waals surface area contributed by atoms with Crippen LogP contribution in [0.1, 0.15) is 58.2 Å². The fourth-order valence-corrected chi connectivity index (χ4v) is 4.67. The molecule has 0 fully saturated rings. The Balaban J connectivity index is 2.18. The lowest BCUT2D eigenvalue weighted by atomic mass is 9.80. The topological polar surface area (TPSA) is 68.2 Å². The number of aromatic nitrogens is 1. The maximum Gasteiger partial charge on any atom is 0.417 e. The van der Waals surface area contributed by atoms with Crippen LogP contribution < -0.4 is 10.3 Å². The van der Waals surface area contributed by atoms with Crippen LogP contribution in [0, 0.1) is 0 Å². The number of pyridine rings is 1. The number of aryl methyl sites for hydroxylation is 1. The van der Waals surface area contributed by atoms with Crippen LogP contribution in [0.4, 0.5) is 18.9 Å². The van der Waals surface area contributed by atoms with E-state index in [0.717, 1.165) is 21.8 Å². The Labute approximate surface area is 197 Å². The summed E-state index contributed by atoms with van der Waals surface area (Å²) in [5.41, 5.74) is -0.351. The van der Waals surface area contributed by atoms with Gasteiger partial charge in [0.05, 0.1) is 16.0 Å². The largest absolute Gasteiger partial charge is 0.417 e. The predicted molar refractivity (Wildman–Crippen MR) is 129 cm³/mol. The number of halogens is 3. The van der Waals surface area contributed by atoms with Gasteiger partial charge in [-0.25, -0.2) is 8.42 Å². The predicted octanol–water partition coefficient (Wildman–Crippen LogP) is 5.95. The van der Waals surface area contributed by atoms with Crippen molar-refractivity contribution in [3.8, 4) is 0 Å². The lowest BCUT2D eigenvalue weighted by Gasteiger charge is -2.26. The zero-order valence-electron chi connectivity index (χ0n) is 20.3. The molecule has 0 saturated carbocycles. The van der Waals surface area contributed by atoms with Crippen LogP contribution in [-0.2, 0) is 34.1 Å². The molecular weight excluding hydrogens is 465 g/mol. The first-order valence-electron chi connectivity index (χ1n) is 10.7. The van der Waals surface area contributed by atoms with E-state index in [2.05, 4.69) is 4.72 Å². The van der Waals surface area contributed by atoms with Gasteiger partial charge in [-0.05, 0) is 52.3 Å². The average Bonchev–Trinajstić information content (AvgIpc) is 2.67. The maximum atomic E-state index is 13.6. The van der Waals surface area contributed by atoms with Crippen LogP contribution in [0.25, 0.3) is 10.9 Å². The second-order valence-corrected chi connectivity index (χ2v) is 12.2. The van der Waals surface area contributed by atoms with E-state index in [1.165, 1.54) is 19.2 Å². The number of sulfonamides is 1. The van der Waals surface area contributed by atoms with Gasteiger partial charge in [-0.15, -0.1) is 0 Å². The molecule has 184 valence electrons. The number of benzene rings is 2. The van der Waals surface area contributed by atoms with Gasteiger partial charge in [-0.1, -0.05) is 47.6 Å². The van der Waals surface area contributed by atoms with E-state index >= 15 is 0 Å². The molecule has 1 heterocycles. The van der Waals surface area contributed by atoms with Gasteiger partial charge in [0.1, 0.15) is 0 Å². The van der Waals surface area contributed by atoms with Crippen LogP contribution >= 0.6 is 0 Å². The monoisotopic (exact) mass is 494 g/mol. The first-order valence-corrected chi connectivity index (χ1v) is 12.2. The van der Waals surface area contributed by atoms with E-state index in [9.17, 15) is 26.4 Å². The van der Waals surface area contributed by atoms with Gasteiger partial charge in [0.15, 0.2) is 0 Å². The Bertz CT molecular complexity index is 1390. The molecule has 9 heteroatoms. The minimum Gasteiger partial charge on any atom is -0.311 e. The minimum atomic E-state index is -4.82. The number of hydrogen-bond donors (Lipinski definition) is 1. The van der Waals surface area contributed by atoms with Crippen LogP contribution in [0.15, 0.2) is 52.2 Å². The SMILES string of the molecule is Cn1c(=O)cc(C(F)(F)F)c2cc(S(=O)(=O)Nc3cc(C(C)(C)C)cc(C(C)(C)C)c3)ccc21. The minimum absolute atomic E-state index is 0.0106. The highest BCUT2D eigenvalue weighted by Gasteiger charge is 2.34. The highest BCUT2D eigenvalue weighted by molar-refractivity contribution is 7.92. The van der Waals surface area contributed by atoms with E-state index in [0.29, 0.717) is 11.8 Å². The Kier molecular flexibility index (Phi) is 6.18. The molecule has 2 aromatic carbocycles. The highest BCUT2D eigenvalue weighted by atomic mass is 32.2. The third-order valence-electron chi connectivity index (χ3n) is 5.75. The Hall–Kier alpha value is -2.81. The number of nitrogens with zero attached hydrogens (tertiary/aromatic N) is 1. The Morgan fingerprint density at radius 3 is 1.82 bits per heavy atom. The molecule has 0 unspecified atom stereocenters. The van der Waals surface area contributed by atoms with Gasteiger partial charge < -0.3 is 4.57 Å². The van der Waals surface area contributed by atoms with Gasteiger partial charge in [-0.3, -0.25) is 9.52 Å². The number of alkyl halides is 3. The number of nitrogens with one attached hydrogen (secondary N) is 1. The van der Waals surface area contributed by atoms with Crippen molar-refractivity contribution >= 4 is 26.6 Å². The fourth-order valence-electron chi connectivity index (χ4n) is 3.61. The van der Waals surface area contributed by atoms with Gasteiger partial charge in [0, 0.05) is 24.2 Å². The van der Waals surface area contributed by atoms with E-state index in [-0.39, 0.29) is 26.6 Å². The molecule has 34 heavy (non-hydrogen) atoms. The van der Waals surface area contributed by atoms with Crippen molar-refractivity contribution in [2.75, 3.05) is 4.72 Å². The van der Waals surface area contributed by atoms with Gasteiger partial charge >= 0.3 is 6.18 Å². The number of hydrogen-bond acceptors (Lipinski definition) is 3. The van der Waals surface area contributed by atoms with Crippen molar-refractivity contribution in [2.24, 2.45) is 7.05 Å². The molecular formula is C25H29F3N2O3S. The smallest absolute Gasteiger partial charge is 0.311 e. The van der Waals surface area contributed by atoms with E-state index in [1.807, 2.05) is 47.6 Å². The molecule has 0 aliphatic carbocycles. The fraction of sp³-hybridized carbons (Fsp3) is 0.400. The molecule has 1 aromatic heterocycles. The van der Waals surface area contributed by atoms with Gasteiger partial charge in [0.25, 0.3) is 15.6 Å². The van der Waals surface area contributed by atoms with Crippen LogP contribution in [0.2, 0.25) is 0 Å². The van der Waals surface area contributed by atoms with Crippen molar-refractivity contribution in [2.45, 2.75) is 63.4 Å². The molecule has 0 spiro atoms. The van der Waals surface area contributed by atoms with Crippen molar-refractivity contribution in [3.05, 3.63) is 69.5 Å². The molecule has 0 bridgehead atoms. The van der Waals surface area contributed by atoms with Crippen LogP contribution in [-0.4, -0.2) is 13.0 Å². The number of anilines is 1. The summed E-state index contributed by atoms with van der Waals surface area (Å²) in [6, 6.07) is 9.35. The Morgan fingerprint density at radius 1 is 0.824 bits per heavy atom.